The summed E-state index contributed by atoms with van der Waals surface area (Å²) >= 11 is 0. The molecule has 12 rings (SSSR count). The minimum atomic E-state index is -0.150. The van der Waals surface area contributed by atoms with E-state index < -0.39 is 0 Å². The Balaban J connectivity index is 1.08. The van der Waals surface area contributed by atoms with Crippen LogP contribution in [0.25, 0.3) is 82.8 Å². The third-order valence-electron chi connectivity index (χ3n) is 12.8. The zero-order chi connectivity index (χ0) is 40.0. The van der Waals surface area contributed by atoms with Gasteiger partial charge in [-0.05, 0) is 106 Å². The predicted molar refractivity (Wildman–Crippen MR) is 251 cm³/mol. The molecule has 60 heavy (non-hydrogen) atoms. The lowest BCUT2D eigenvalue weighted by atomic mass is 9.82. The summed E-state index contributed by atoms with van der Waals surface area (Å²) in [5.41, 5.74) is 18.3. The number of para-hydroxylation sites is 3. The Morgan fingerprint density at radius 1 is 0.417 bits per heavy atom. The molecule has 3 heteroatoms. The van der Waals surface area contributed by atoms with E-state index in [-0.39, 0.29) is 5.41 Å². The van der Waals surface area contributed by atoms with E-state index in [1.165, 1.54) is 49.6 Å². The van der Waals surface area contributed by atoms with Crippen molar-refractivity contribution in [2.24, 2.45) is 0 Å². The molecule has 284 valence electrons. The number of anilines is 3. The molecule has 9 aromatic carbocycles. The summed E-state index contributed by atoms with van der Waals surface area (Å²) in [7, 11) is 0. The largest absolute Gasteiger partial charge is 0.456 e. The van der Waals surface area contributed by atoms with E-state index in [1.807, 2.05) is 0 Å². The highest BCUT2D eigenvalue weighted by Gasteiger charge is 2.36. The molecule has 0 bridgehead atoms. The fourth-order valence-corrected chi connectivity index (χ4v) is 9.95. The van der Waals surface area contributed by atoms with Gasteiger partial charge < -0.3 is 13.9 Å². The second kappa shape index (κ2) is 13.2. The van der Waals surface area contributed by atoms with E-state index in [4.69, 9.17) is 4.42 Å². The maximum Gasteiger partial charge on any atom is 0.137 e. The van der Waals surface area contributed by atoms with Crippen LogP contribution in [0.5, 0.6) is 0 Å². The van der Waals surface area contributed by atoms with Crippen molar-refractivity contribution in [3.05, 3.63) is 217 Å². The number of aromatic nitrogens is 1. The molecule has 1 aliphatic rings. The van der Waals surface area contributed by atoms with Gasteiger partial charge in [-0.15, -0.1) is 0 Å². The third-order valence-corrected chi connectivity index (χ3v) is 12.8. The van der Waals surface area contributed by atoms with Gasteiger partial charge in [-0.1, -0.05) is 153 Å². The number of nitrogens with zero attached hydrogens (tertiary/aromatic N) is 2. The van der Waals surface area contributed by atoms with Crippen LogP contribution in [0.3, 0.4) is 0 Å². The van der Waals surface area contributed by atoms with Gasteiger partial charge in [-0.3, -0.25) is 0 Å². The molecule has 3 nitrogen and oxygen atoms in total. The second-order valence-electron chi connectivity index (χ2n) is 16.5. The average Bonchev–Trinajstić information content (AvgIpc) is 3.92. The number of hydrogen-bond acceptors (Lipinski definition) is 2. The van der Waals surface area contributed by atoms with Crippen LogP contribution in [0.2, 0.25) is 0 Å². The van der Waals surface area contributed by atoms with Crippen molar-refractivity contribution < 1.29 is 4.42 Å². The van der Waals surface area contributed by atoms with Crippen molar-refractivity contribution in [1.82, 2.24) is 4.57 Å². The van der Waals surface area contributed by atoms with Crippen molar-refractivity contribution in [2.75, 3.05) is 4.90 Å². The highest BCUT2D eigenvalue weighted by molar-refractivity contribution is 6.15. The molecule has 0 amide bonds. The van der Waals surface area contributed by atoms with E-state index in [1.54, 1.807) is 0 Å². The van der Waals surface area contributed by atoms with E-state index in [2.05, 4.69) is 230 Å². The summed E-state index contributed by atoms with van der Waals surface area (Å²) in [6.45, 7) is 4.71. The average molecular weight is 769 g/mol. The normalized spacial score (nSPS) is 13.0. The topological polar surface area (TPSA) is 21.3 Å². The number of hydrogen-bond donors (Lipinski definition) is 0. The maximum absolute atomic E-state index is 6.73. The van der Waals surface area contributed by atoms with Gasteiger partial charge in [-0.2, -0.15) is 0 Å². The molecule has 0 saturated carbocycles. The minimum absolute atomic E-state index is 0.150. The van der Waals surface area contributed by atoms with Crippen molar-refractivity contribution in [2.45, 2.75) is 19.3 Å². The molecule has 1 aliphatic carbocycles. The van der Waals surface area contributed by atoms with Gasteiger partial charge in [-0.25, -0.2) is 0 Å². The zero-order valence-electron chi connectivity index (χ0n) is 33.4. The monoisotopic (exact) mass is 768 g/mol. The van der Waals surface area contributed by atoms with Gasteiger partial charge in [0.1, 0.15) is 11.2 Å². The molecule has 0 saturated heterocycles. The summed E-state index contributed by atoms with van der Waals surface area (Å²) in [5.74, 6) is 0. The molecular weight excluding hydrogens is 729 g/mol. The van der Waals surface area contributed by atoms with Crippen molar-refractivity contribution >= 4 is 60.8 Å². The number of fused-ring (bicyclic) bond motifs is 9. The molecule has 0 fully saturated rings. The predicted octanol–water partition coefficient (Wildman–Crippen LogP) is 15.8. The first kappa shape index (κ1) is 34.4. The van der Waals surface area contributed by atoms with Gasteiger partial charge in [0, 0.05) is 38.5 Å². The molecule has 0 radical (unpaired) electrons. The fraction of sp³-hybridized carbons (Fsp3) is 0.0526. The Morgan fingerprint density at radius 3 is 1.95 bits per heavy atom. The van der Waals surface area contributed by atoms with Crippen LogP contribution < -0.4 is 4.90 Å². The standard InChI is InChI=1S/C57H40N2O/c1-57(2)48-23-12-9-21-43(48)44-32-30-41(36-49(44)57)59(50-24-13-10-20-42(50)37-16-5-3-6-17-37)52-26-15-27-55-56(52)47-34-38(29-33-54(47)60-55)39-28-31-46-45-22-11-14-25-51(45)58(53(46)35-39)40-18-7-4-8-19-40/h3-36H,1-2H3. The molecule has 0 N–H and O–H groups in total. The summed E-state index contributed by atoms with van der Waals surface area (Å²) in [4.78, 5) is 2.45. The Kier molecular flexibility index (Phi) is 7.58. The van der Waals surface area contributed by atoms with Crippen LogP contribution in [0, 0.1) is 0 Å². The number of benzene rings is 9. The SMILES string of the molecule is CC1(C)c2ccccc2-c2ccc(N(c3ccccc3-c3ccccc3)c3cccc4oc5ccc(-c6ccc7c8ccccc8n(-c8ccccc8)c7c6)cc5c34)cc21. The Morgan fingerprint density at radius 2 is 1.08 bits per heavy atom. The molecule has 0 unspecified atom stereocenters. The molecular formula is C57H40N2O. The lowest BCUT2D eigenvalue weighted by Crippen LogP contribution is -2.17. The van der Waals surface area contributed by atoms with Gasteiger partial charge in [0.2, 0.25) is 0 Å². The molecule has 2 heterocycles. The zero-order valence-corrected chi connectivity index (χ0v) is 33.4. The van der Waals surface area contributed by atoms with Gasteiger partial charge >= 0.3 is 0 Å². The summed E-state index contributed by atoms with van der Waals surface area (Å²) in [5, 5.41) is 4.65. The summed E-state index contributed by atoms with van der Waals surface area (Å²) in [6.07, 6.45) is 0. The fourth-order valence-electron chi connectivity index (χ4n) is 9.95. The van der Waals surface area contributed by atoms with E-state index >= 15 is 0 Å². The first-order valence-electron chi connectivity index (χ1n) is 20.8. The van der Waals surface area contributed by atoms with Crippen LogP contribution >= 0.6 is 0 Å². The van der Waals surface area contributed by atoms with E-state index in [0.717, 1.165) is 61.4 Å². The Labute approximate surface area is 349 Å². The molecule has 2 aromatic heterocycles. The first-order chi connectivity index (χ1) is 29.5. The Hall–Kier alpha value is -7.62. The first-order valence-corrected chi connectivity index (χ1v) is 20.8. The second-order valence-corrected chi connectivity index (χ2v) is 16.5. The lowest BCUT2D eigenvalue weighted by Gasteiger charge is -2.30. The van der Waals surface area contributed by atoms with Crippen LogP contribution in [0.15, 0.2) is 211 Å². The summed E-state index contributed by atoms with van der Waals surface area (Å²) in [6, 6.07) is 74.8. The van der Waals surface area contributed by atoms with Gasteiger partial charge in [0.15, 0.2) is 0 Å². The van der Waals surface area contributed by atoms with Crippen molar-refractivity contribution in [1.29, 1.82) is 0 Å². The van der Waals surface area contributed by atoms with Crippen molar-refractivity contribution in [3.63, 3.8) is 0 Å². The number of rotatable bonds is 6. The van der Waals surface area contributed by atoms with E-state index in [9.17, 15) is 0 Å². The number of furan rings is 1. The van der Waals surface area contributed by atoms with Crippen LogP contribution in [-0.4, -0.2) is 4.57 Å². The molecule has 0 aliphatic heterocycles. The highest BCUT2D eigenvalue weighted by atomic mass is 16.3. The summed E-state index contributed by atoms with van der Waals surface area (Å²) < 4.78 is 9.11. The molecule has 0 spiro atoms. The smallest absolute Gasteiger partial charge is 0.137 e. The van der Waals surface area contributed by atoms with Gasteiger partial charge in [0.25, 0.3) is 0 Å². The quantitative estimate of drug-likeness (QED) is 0.168. The minimum Gasteiger partial charge on any atom is -0.456 e. The van der Waals surface area contributed by atoms with Gasteiger partial charge in [0.05, 0.1) is 27.8 Å². The maximum atomic E-state index is 6.73. The van der Waals surface area contributed by atoms with Crippen LogP contribution in [-0.2, 0) is 5.41 Å². The molecule has 0 atom stereocenters. The van der Waals surface area contributed by atoms with Crippen molar-refractivity contribution in [3.8, 4) is 39.1 Å². The van der Waals surface area contributed by atoms with Crippen LogP contribution in [0.1, 0.15) is 25.0 Å². The lowest BCUT2D eigenvalue weighted by molar-refractivity contribution is 0.660. The van der Waals surface area contributed by atoms with Crippen LogP contribution in [0.4, 0.5) is 17.1 Å². The highest BCUT2D eigenvalue weighted by Crippen LogP contribution is 2.52. The van der Waals surface area contributed by atoms with E-state index in [0.29, 0.717) is 0 Å². The third kappa shape index (κ3) is 5.15. The molecule has 11 aromatic rings. The Bertz CT molecular complexity index is 3460.